The van der Waals surface area contributed by atoms with Crippen LogP contribution in [0.4, 0.5) is 4.39 Å². The van der Waals surface area contributed by atoms with Gasteiger partial charge in [0.05, 0.1) is 6.54 Å². The number of rotatable bonds is 5. The van der Waals surface area contributed by atoms with Gasteiger partial charge in [-0.2, -0.15) is 0 Å². The molecule has 3 aliphatic rings. The summed E-state index contributed by atoms with van der Waals surface area (Å²) in [5, 5.41) is 7.13. The number of aliphatic imine (C=N–C) groups is 1. The van der Waals surface area contributed by atoms with Crippen molar-refractivity contribution in [3.63, 3.8) is 0 Å². The molecule has 2 aliphatic heterocycles. The van der Waals surface area contributed by atoms with Gasteiger partial charge in [-0.1, -0.05) is 18.6 Å². The molecule has 2 atom stereocenters. The second-order valence-electron chi connectivity index (χ2n) is 8.70. The normalized spacial score (nSPS) is 30.0. The highest BCUT2D eigenvalue weighted by Gasteiger charge is 2.44. The highest BCUT2D eigenvalue weighted by Crippen LogP contribution is 2.48. The minimum absolute atomic E-state index is 0.0355. The van der Waals surface area contributed by atoms with E-state index in [0.29, 0.717) is 18.1 Å². The largest absolute Gasteiger partial charge is 0.357 e. The number of nitrogens with zero attached hydrogens (tertiary/aromatic N) is 2. The molecule has 2 heterocycles. The Morgan fingerprint density at radius 3 is 2.63 bits per heavy atom. The van der Waals surface area contributed by atoms with Crippen LogP contribution in [0.5, 0.6) is 0 Å². The zero-order valence-electron chi connectivity index (χ0n) is 16.7. The maximum atomic E-state index is 13.6. The van der Waals surface area contributed by atoms with Crippen LogP contribution >= 0.6 is 0 Å². The lowest BCUT2D eigenvalue weighted by atomic mass is 9.82. The first-order chi connectivity index (χ1) is 13.1. The molecule has 2 N–H and O–H groups in total. The molecule has 1 saturated carbocycles. The molecule has 2 unspecified atom stereocenters. The molecule has 0 radical (unpaired) electrons. The van der Waals surface area contributed by atoms with E-state index in [9.17, 15) is 4.39 Å². The summed E-state index contributed by atoms with van der Waals surface area (Å²) in [5.74, 6) is 0.776. The van der Waals surface area contributed by atoms with E-state index in [1.165, 1.54) is 38.2 Å². The lowest BCUT2D eigenvalue weighted by Gasteiger charge is -2.47. The first-order valence-electron chi connectivity index (χ1n) is 10.6. The molecular weight excluding hydrogens is 339 g/mol. The van der Waals surface area contributed by atoms with Gasteiger partial charge in [-0.3, -0.25) is 4.99 Å². The SMILES string of the molecule is CCNC(=NCC1(c2cccc(F)c2)CC1)NC1CC2CCCC(C1)N2C. The molecule has 148 valence electrons. The summed E-state index contributed by atoms with van der Waals surface area (Å²) < 4.78 is 13.6. The highest BCUT2D eigenvalue weighted by molar-refractivity contribution is 5.80. The lowest BCUT2D eigenvalue weighted by Crippen LogP contribution is -2.56. The zero-order valence-corrected chi connectivity index (χ0v) is 16.7. The van der Waals surface area contributed by atoms with E-state index in [4.69, 9.17) is 4.99 Å². The summed E-state index contributed by atoms with van der Waals surface area (Å²) in [4.78, 5) is 7.51. The predicted molar refractivity (Wildman–Crippen MR) is 109 cm³/mol. The predicted octanol–water partition coefficient (Wildman–Crippen LogP) is 3.43. The number of hydrogen-bond acceptors (Lipinski definition) is 2. The highest BCUT2D eigenvalue weighted by atomic mass is 19.1. The van der Waals surface area contributed by atoms with Crippen LogP contribution in [0.1, 0.15) is 57.4 Å². The van der Waals surface area contributed by atoms with E-state index in [-0.39, 0.29) is 11.2 Å². The average Bonchev–Trinajstić information content (AvgIpc) is 3.42. The van der Waals surface area contributed by atoms with Crippen molar-refractivity contribution >= 4 is 5.96 Å². The molecule has 1 aliphatic carbocycles. The molecule has 0 aromatic heterocycles. The molecule has 0 spiro atoms. The van der Waals surface area contributed by atoms with Crippen LogP contribution in [0.25, 0.3) is 0 Å². The van der Waals surface area contributed by atoms with Crippen molar-refractivity contribution < 1.29 is 4.39 Å². The molecule has 5 heteroatoms. The molecule has 3 fully saturated rings. The summed E-state index contributed by atoms with van der Waals surface area (Å²) in [6, 6.07) is 8.98. The van der Waals surface area contributed by atoms with Crippen molar-refractivity contribution in [2.45, 2.75) is 75.4 Å². The number of halogens is 1. The fraction of sp³-hybridized carbons (Fsp3) is 0.682. The van der Waals surface area contributed by atoms with Crippen molar-refractivity contribution in [3.05, 3.63) is 35.6 Å². The minimum atomic E-state index is -0.148. The Labute approximate surface area is 162 Å². The van der Waals surface area contributed by atoms with Gasteiger partial charge in [0, 0.05) is 30.1 Å². The summed E-state index contributed by atoms with van der Waals surface area (Å²) in [7, 11) is 2.29. The standard InChI is InChI=1S/C22H33FN4/c1-3-24-21(26-18-13-19-8-5-9-20(14-18)27(19)2)25-15-22(10-11-22)16-6-4-7-17(23)12-16/h4,6-7,12,18-20H,3,5,8-11,13-15H2,1-2H3,(H2,24,25,26). The van der Waals surface area contributed by atoms with Crippen molar-refractivity contribution in [1.29, 1.82) is 0 Å². The fourth-order valence-corrected chi connectivity index (χ4v) is 4.98. The number of fused-ring (bicyclic) bond motifs is 2. The summed E-state index contributed by atoms with van der Waals surface area (Å²) in [5.41, 5.74) is 1.13. The van der Waals surface area contributed by atoms with Gasteiger partial charge in [0.25, 0.3) is 0 Å². The van der Waals surface area contributed by atoms with Crippen molar-refractivity contribution in [3.8, 4) is 0 Å². The van der Waals surface area contributed by atoms with Gasteiger partial charge in [-0.15, -0.1) is 0 Å². The molecule has 4 nitrogen and oxygen atoms in total. The third-order valence-electron chi connectivity index (χ3n) is 6.86. The third kappa shape index (κ3) is 4.13. The van der Waals surface area contributed by atoms with Crippen LogP contribution in [0, 0.1) is 5.82 Å². The second-order valence-corrected chi connectivity index (χ2v) is 8.70. The summed E-state index contributed by atoms with van der Waals surface area (Å²) in [6.07, 6.45) is 8.61. The van der Waals surface area contributed by atoms with Gasteiger partial charge in [0.2, 0.25) is 0 Å². The van der Waals surface area contributed by atoms with E-state index >= 15 is 0 Å². The summed E-state index contributed by atoms with van der Waals surface area (Å²) >= 11 is 0. The average molecular weight is 373 g/mol. The Morgan fingerprint density at radius 1 is 1.26 bits per heavy atom. The fourth-order valence-electron chi connectivity index (χ4n) is 4.98. The molecule has 0 amide bonds. The van der Waals surface area contributed by atoms with Gasteiger partial charge in [0.1, 0.15) is 5.82 Å². The van der Waals surface area contributed by atoms with E-state index in [2.05, 4.69) is 29.5 Å². The molecule has 2 saturated heterocycles. The van der Waals surface area contributed by atoms with E-state index < -0.39 is 0 Å². The Balaban J connectivity index is 1.42. The minimum Gasteiger partial charge on any atom is -0.357 e. The maximum Gasteiger partial charge on any atom is 0.191 e. The topological polar surface area (TPSA) is 39.7 Å². The monoisotopic (exact) mass is 372 g/mol. The van der Waals surface area contributed by atoms with Crippen molar-refractivity contribution in [2.24, 2.45) is 4.99 Å². The van der Waals surface area contributed by atoms with Crippen molar-refractivity contribution in [1.82, 2.24) is 15.5 Å². The number of benzene rings is 1. The number of piperidine rings is 2. The van der Waals surface area contributed by atoms with Crippen LogP contribution in [-0.2, 0) is 5.41 Å². The maximum absolute atomic E-state index is 13.6. The molecule has 1 aromatic rings. The molecular formula is C22H33FN4. The van der Waals surface area contributed by atoms with Crippen LogP contribution in [-0.4, -0.2) is 49.1 Å². The van der Waals surface area contributed by atoms with Crippen LogP contribution < -0.4 is 10.6 Å². The Bertz CT molecular complexity index is 671. The zero-order chi connectivity index (χ0) is 18.9. The Kier molecular flexibility index (Phi) is 5.40. The number of nitrogens with one attached hydrogen (secondary N) is 2. The molecule has 2 bridgehead atoms. The van der Waals surface area contributed by atoms with Crippen molar-refractivity contribution in [2.75, 3.05) is 20.1 Å². The molecule has 1 aromatic carbocycles. The first-order valence-corrected chi connectivity index (χ1v) is 10.6. The van der Waals surface area contributed by atoms with Crippen LogP contribution in [0.3, 0.4) is 0 Å². The molecule has 4 rings (SSSR count). The smallest absolute Gasteiger partial charge is 0.191 e. The first kappa shape index (κ1) is 18.7. The Morgan fingerprint density at radius 2 is 2.00 bits per heavy atom. The third-order valence-corrected chi connectivity index (χ3v) is 6.86. The van der Waals surface area contributed by atoms with Gasteiger partial charge in [-0.05, 0) is 70.2 Å². The van der Waals surface area contributed by atoms with Crippen LogP contribution in [0.15, 0.2) is 29.3 Å². The van der Waals surface area contributed by atoms with E-state index in [0.717, 1.165) is 37.5 Å². The summed E-state index contributed by atoms with van der Waals surface area (Å²) in [6.45, 7) is 3.70. The van der Waals surface area contributed by atoms with Gasteiger partial charge in [0.15, 0.2) is 5.96 Å². The van der Waals surface area contributed by atoms with E-state index in [1.807, 2.05) is 12.1 Å². The second kappa shape index (κ2) is 7.78. The number of guanidine groups is 1. The van der Waals surface area contributed by atoms with Gasteiger partial charge in [-0.25, -0.2) is 4.39 Å². The van der Waals surface area contributed by atoms with Crippen LogP contribution in [0.2, 0.25) is 0 Å². The lowest BCUT2D eigenvalue weighted by molar-refractivity contribution is 0.0526. The van der Waals surface area contributed by atoms with E-state index in [1.54, 1.807) is 6.07 Å². The number of hydrogen-bond donors (Lipinski definition) is 2. The Hall–Kier alpha value is -1.62. The van der Waals surface area contributed by atoms with Gasteiger partial charge >= 0.3 is 0 Å². The quantitative estimate of drug-likeness (QED) is 0.614. The molecule has 27 heavy (non-hydrogen) atoms. The van der Waals surface area contributed by atoms with Gasteiger partial charge < -0.3 is 15.5 Å².